The van der Waals surface area contributed by atoms with Gasteiger partial charge in [-0.15, -0.1) is 0 Å². The Morgan fingerprint density at radius 3 is 2.75 bits per heavy atom. The number of nitrogens with one attached hydrogen (secondary N) is 1. The third-order valence-corrected chi connectivity index (χ3v) is 4.73. The Hall–Kier alpha value is -1.16. The molecule has 2 rings (SSSR count). The maximum atomic E-state index is 5.23. The van der Waals surface area contributed by atoms with Gasteiger partial charge in [0.05, 0.1) is 18.8 Å². The van der Waals surface area contributed by atoms with Gasteiger partial charge in [-0.05, 0) is 37.1 Å². The molecule has 1 aliphatic carbocycles. The van der Waals surface area contributed by atoms with E-state index < -0.39 is 0 Å². The van der Waals surface area contributed by atoms with Crippen LogP contribution in [-0.4, -0.2) is 23.6 Å². The minimum Gasteiger partial charge on any atom is -0.481 e. The van der Waals surface area contributed by atoms with Crippen LogP contribution in [0.3, 0.4) is 0 Å². The summed E-state index contributed by atoms with van der Waals surface area (Å²) >= 11 is 0. The normalized spacial score (nSPS) is 28.1. The summed E-state index contributed by atoms with van der Waals surface area (Å²) in [4.78, 5) is 8.58. The van der Waals surface area contributed by atoms with Crippen molar-refractivity contribution < 1.29 is 4.74 Å². The van der Waals surface area contributed by atoms with Crippen molar-refractivity contribution in [3.8, 4) is 5.88 Å². The molecule has 1 aromatic rings. The van der Waals surface area contributed by atoms with Crippen molar-refractivity contribution in [2.75, 3.05) is 13.7 Å². The smallest absolute Gasteiger partial charge is 0.216 e. The molecule has 1 saturated carbocycles. The van der Waals surface area contributed by atoms with E-state index in [1.165, 1.54) is 19.3 Å². The predicted molar refractivity (Wildman–Crippen MR) is 80.7 cm³/mol. The number of ether oxygens (including phenoxy) is 1. The van der Waals surface area contributed by atoms with Gasteiger partial charge in [0.25, 0.3) is 0 Å². The third kappa shape index (κ3) is 3.48. The van der Waals surface area contributed by atoms with Crippen molar-refractivity contribution >= 4 is 0 Å². The first-order valence-corrected chi connectivity index (χ1v) is 7.75. The van der Waals surface area contributed by atoms with Crippen LogP contribution in [0, 0.1) is 17.8 Å². The molecule has 0 amide bonds. The second-order valence-corrected chi connectivity index (χ2v) is 6.05. The summed E-state index contributed by atoms with van der Waals surface area (Å²) in [5.74, 6) is 2.93. The second-order valence-electron chi connectivity index (χ2n) is 6.05. The van der Waals surface area contributed by atoms with Crippen molar-refractivity contribution in [2.24, 2.45) is 17.8 Å². The molecule has 0 bridgehead atoms. The molecule has 4 heteroatoms. The molecule has 20 heavy (non-hydrogen) atoms. The van der Waals surface area contributed by atoms with E-state index in [2.05, 4.69) is 36.1 Å². The van der Waals surface area contributed by atoms with E-state index >= 15 is 0 Å². The van der Waals surface area contributed by atoms with E-state index in [1.807, 2.05) is 6.07 Å². The highest BCUT2D eigenvalue weighted by Gasteiger charge is 2.31. The lowest BCUT2D eigenvalue weighted by Gasteiger charge is -2.36. The summed E-state index contributed by atoms with van der Waals surface area (Å²) in [5, 5.41) is 3.61. The molecule has 0 aromatic carbocycles. The molecule has 1 fully saturated rings. The highest BCUT2D eigenvalue weighted by atomic mass is 16.5. The Morgan fingerprint density at radius 2 is 2.10 bits per heavy atom. The molecule has 0 aliphatic heterocycles. The van der Waals surface area contributed by atoms with Crippen LogP contribution >= 0.6 is 0 Å². The first-order valence-electron chi connectivity index (χ1n) is 7.75. The number of aromatic nitrogens is 2. The lowest BCUT2D eigenvalue weighted by atomic mass is 9.72. The van der Waals surface area contributed by atoms with E-state index in [0.29, 0.717) is 17.8 Å². The predicted octanol–water partition coefficient (Wildman–Crippen LogP) is 3.21. The molecule has 1 N–H and O–H groups in total. The number of methoxy groups -OCH3 is 1. The van der Waals surface area contributed by atoms with E-state index in [0.717, 1.165) is 24.1 Å². The van der Waals surface area contributed by atoms with Crippen LogP contribution in [0.1, 0.15) is 51.8 Å². The van der Waals surface area contributed by atoms with Crippen LogP contribution in [0.5, 0.6) is 5.88 Å². The topological polar surface area (TPSA) is 47.0 Å². The summed E-state index contributed by atoms with van der Waals surface area (Å²) < 4.78 is 5.23. The maximum absolute atomic E-state index is 5.23. The van der Waals surface area contributed by atoms with Crippen LogP contribution in [0.2, 0.25) is 0 Å². The molecule has 1 heterocycles. The second kappa shape index (κ2) is 7.02. The SMILES string of the molecule is CCNC(c1cc(OC)ncn1)C1CCC(C)C(C)C1. The van der Waals surface area contributed by atoms with Gasteiger partial charge >= 0.3 is 0 Å². The summed E-state index contributed by atoms with van der Waals surface area (Å²) in [6.07, 6.45) is 5.46. The van der Waals surface area contributed by atoms with Gasteiger partial charge in [0.15, 0.2) is 0 Å². The van der Waals surface area contributed by atoms with E-state index in [-0.39, 0.29) is 0 Å². The van der Waals surface area contributed by atoms with Crippen LogP contribution in [0.4, 0.5) is 0 Å². The molecule has 0 saturated heterocycles. The lowest BCUT2D eigenvalue weighted by molar-refractivity contribution is 0.170. The summed E-state index contributed by atoms with van der Waals surface area (Å²) in [6, 6.07) is 2.28. The van der Waals surface area contributed by atoms with Gasteiger partial charge in [0, 0.05) is 6.07 Å². The Morgan fingerprint density at radius 1 is 1.30 bits per heavy atom. The van der Waals surface area contributed by atoms with Gasteiger partial charge in [0.1, 0.15) is 6.33 Å². The van der Waals surface area contributed by atoms with Crippen LogP contribution < -0.4 is 10.1 Å². The zero-order valence-corrected chi connectivity index (χ0v) is 13.1. The Balaban J connectivity index is 2.17. The standard InChI is InChI=1S/C16H27N3O/c1-5-17-16(13-7-6-11(2)12(3)8-13)14-9-15(20-4)19-10-18-14/h9-13,16-17H,5-8H2,1-4H3. The van der Waals surface area contributed by atoms with E-state index in [9.17, 15) is 0 Å². The van der Waals surface area contributed by atoms with Crippen LogP contribution in [-0.2, 0) is 0 Å². The third-order valence-electron chi connectivity index (χ3n) is 4.73. The first-order chi connectivity index (χ1) is 9.65. The Bertz CT molecular complexity index is 424. The Kier molecular flexibility index (Phi) is 5.35. The molecular weight excluding hydrogens is 250 g/mol. The zero-order chi connectivity index (χ0) is 14.5. The molecule has 0 spiro atoms. The number of rotatable bonds is 5. The summed E-state index contributed by atoms with van der Waals surface area (Å²) in [6.45, 7) is 7.86. The van der Waals surface area contributed by atoms with Gasteiger partial charge in [-0.25, -0.2) is 9.97 Å². The highest BCUT2D eigenvalue weighted by molar-refractivity contribution is 5.17. The van der Waals surface area contributed by atoms with Gasteiger partial charge in [-0.2, -0.15) is 0 Å². The van der Waals surface area contributed by atoms with Crippen molar-refractivity contribution in [2.45, 2.75) is 46.1 Å². The van der Waals surface area contributed by atoms with E-state index in [1.54, 1.807) is 13.4 Å². The van der Waals surface area contributed by atoms with Gasteiger partial charge in [-0.1, -0.05) is 27.2 Å². The summed E-state index contributed by atoms with van der Waals surface area (Å²) in [7, 11) is 1.65. The van der Waals surface area contributed by atoms with Crippen molar-refractivity contribution in [1.82, 2.24) is 15.3 Å². The fraction of sp³-hybridized carbons (Fsp3) is 0.750. The fourth-order valence-electron chi connectivity index (χ4n) is 3.26. The Labute approximate surface area is 122 Å². The molecule has 0 radical (unpaired) electrons. The highest BCUT2D eigenvalue weighted by Crippen LogP contribution is 2.39. The molecule has 1 aromatic heterocycles. The molecule has 1 aliphatic rings. The number of hydrogen-bond acceptors (Lipinski definition) is 4. The quantitative estimate of drug-likeness (QED) is 0.897. The largest absolute Gasteiger partial charge is 0.481 e. The van der Waals surface area contributed by atoms with Crippen LogP contribution in [0.25, 0.3) is 0 Å². The minimum atomic E-state index is 0.312. The maximum Gasteiger partial charge on any atom is 0.216 e. The number of nitrogens with zero attached hydrogens (tertiary/aromatic N) is 2. The molecule has 4 nitrogen and oxygen atoms in total. The molecule has 4 atom stereocenters. The lowest BCUT2D eigenvalue weighted by Crippen LogP contribution is -2.33. The zero-order valence-electron chi connectivity index (χ0n) is 13.1. The van der Waals surface area contributed by atoms with Gasteiger partial charge in [-0.3, -0.25) is 0 Å². The minimum absolute atomic E-state index is 0.312. The van der Waals surface area contributed by atoms with E-state index in [4.69, 9.17) is 4.74 Å². The first kappa shape index (κ1) is 15.2. The molecule has 112 valence electrons. The van der Waals surface area contributed by atoms with Crippen molar-refractivity contribution in [3.63, 3.8) is 0 Å². The fourth-order valence-corrected chi connectivity index (χ4v) is 3.26. The van der Waals surface area contributed by atoms with Gasteiger partial charge in [0.2, 0.25) is 5.88 Å². The molecular formula is C16H27N3O. The van der Waals surface area contributed by atoms with Crippen molar-refractivity contribution in [3.05, 3.63) is 18.1 Å². The van der Waals surface area contributed by atoms with Crippen molar-refractivity contribution in [1.29, 1.82) is 0 Å². The average molecular weight is 277 g/mol. The average Bonchev–Trinajstić information content (AvgIpc) is 2.48. The van der Waals surface area contributed by atoms with Crippen LogP contribution in [0.15, 0.2) is 12.4 Å². The van der Waals surface area contributed by atoms with Gasteiger partial charge < -0.3 is 10.1 Å². The number of hydrogen-bond donors (Lipinski definition) is 1. The molecule has 4 unspecified atom stereocenters. The summed E-state index contributed by atoms with van der Waals surface area (Å²) in [5.41, 5.74) is 1.06. The monoisotopic (exact) mass is 277 g/mol.